The summed E-state index contributed by atoms with van der Waals surface area (Å²) >= 11 is 15.4. The van der Waals surface area contributed by atoms with Gasteiger partial charge in [0.25, 0.3) is 0 Å². The quantitative estimate of drug-likeness (QED) is 0.575. The molecule has 0 aliphatic carbocycles. The maximum atomic E-state index is 11.8. The Hall–Kier alpha value is -1.11. The number of nitrogens with zero attached hydrogens (tertiary/aromatic N) is 3. The highest BCUT2D eigenvalue weighted by Gasteiger charge is 2.20. The zero-order valence-electron chi connectivity index (χ0n) is 11.1. The van der Waals surface area contributed by atoms with Crippen molar-refractivity contribution in [3.05, 3.63) is 44.6 Å². The lowest BCUT2D eigenvalue weighted by Crippen LogP contribution is -2.10. The van der Waals surface area contributed by atoms with Gasteiger partial charge in [-0.1, -0.05) is 38.8 Å². The summed E-state index contributed by atoms with van der Waals surface area (Å²) in [6.45, 7) is 2.37. The van der Waals surface area contributed by atoms with Crippen LogP contribution in [0.1, 0.15) is 28.7 Å². The van der Waals surface area contributed by atoms with E-state index in [-0.39, 0.29) is 18.2 Å². The van der Waals surface area contributed by atoms with E-state index in [0.29, 0.717) is 17.3 Å². The molecule has 0 atom stereocenters. The van der Waals surface area contributed by atoms with Crippen LogP contribution in [0.25, 0.3) is 0 Å². The van der Waals surface area contributed by atoms with Crippen molar-refractivity contribution in [2.24, 2.45) is 0 Å². The van der Waals surface area contributed by atoms with Gasteiger partial charge >= 0.3 is 5.97 Å². The van der Waals surface area contributed by atoms with E-state index >= 15 is 0 Å². The Labute approximate surface area is 140 Å². The monoisotopic (exact) mass is 391 g/mol. The summed E-state index contributed by atoms with van der Waals surface area (Å²) in [5.41, 5.74) is 1.50. The highest BCUT2D eigenvalue weighted by molar-refractivity contribution is 9.10. The van der Waals surface area contributed by atoms with Crippen LogP contribution < -0.4 is 0 Å². The average molecular weight is 393 g/mol. The van der Waals surface area contributed by atoms with Crippen LogP contribution in [-0.2, 0) is 17.2 Å². The largest absolute Gasteiger partial charge is 0.461 e. The van der Waals surface area contributed by atoms with Crippen LogP contribution in [0.2, 0.25) is 5.02 Å². The number of esters is 1. The van der Waals surface area contributed by atoms with Crippen molar-refractivity contribution < 1.29 is 9.53 Å². The van der Waals surface area contributed by atoms with Crippen LogP contribution >= 0.6 is 39.1 Å². The van der Waals surface area contributed by atoms with Gasteiger partial charge in [-0.05, 0) is 24.6 Å². The van der Waals surface area contributed by atoms with Crippen LogP contribution in [0, 0.1) is 0 Å². The Balaban J connectivity index is 2.30. The molecule has 0 fully saturated rings. The molecule has 1 heterocycles. The normalized spacial score (nSPS) is 10.7. The summed E-state index contributed by atoms with van der Waals surface area (Å²) in [5, 5.41) is 8.41. The van der Waals surface area contributed by atoms with Gasteiger partial charge in [-0.3, -0.25) is 0 Å². The molecule has 2 aromatic rings. The summed E-state index contributed by atoms with van der Waals surface area (Å²) in [5.74, 6) is -0.420. The van der Waals surface area contributed by atoms with Crippen LogP contribution in [0.5, 0.6) is 0 Å². The van der Waals surface area contributed by atoms with Crippen molar-refractivity contribution in [3.63, 3.8) is 0 Å². The van der Waals surface area contributed by atoms with Gasteiger partial charge in [0.05, 0.1) is 24.7 Å². The second kappa shape index (κ2) is 7.24. The molecule has 0 aliphatic rings. The third-order valence-corrected chi connectivity index (χ3v) is 3.87. The average Bonchev–Trinajstić information content (AvgIpc) is 2.85. The van der Waals surface area contributed by atoms with Crippen LogP contribution in [0.3, 0.4) is 0 Å². The van der Waals surface area contributed by atoms with Crippen molar-refractivity contribution in [2.45, 2.75) is 19.3 Å². The highest BCUT2D eigenvalue weighted by atomic mass is 79.9. The fraction of sp³-hybridized carbons (Fsp3) is 0.308. The molecule has 5 nitrogen and oxygen atoms in total. The van der Waals surface area contributed by atoms with E-state index in [4.69, 9.17) is 27.9 Å². The van der Waals surface area contributed by atoms with Crippen molar-refractivity contribution in [3.8, 4) is 0 Å². The number of hydrogen-bond donors (Lipinski definition) is 0. The first-order valence-corrected chi connectivity index (χ1v) is 7.86. The summed E-state index contributed by atoms with van der Waals surface area (Å²) in [7, 11) is 0. The molecule has 112 valence electrons. The highest BCUT2D eigenvalue weighted by Crippen LogP contribution is 2.23. The minimum Gasteiger partial charge on any atom is -0.461 e. The van der Waals surface area contributed by atoms with Gasteiger partial charge in [-0.15, -0.1) is 16.7 Å². The lowest BCUT2D eigenvalue weighted by molar-refractivity contribution is 0.0518. The van der Waals surface area contributed by atoms with Crippen molar-refractivity contribution in [1.82, 2.24) is 15.0 Å². The molecular formula is C13H12BrCl2N3O2. The van der Waals surface area contributed by atoms with Gasteiger partial charge in [0.2, 0.25) is 0 Å². The summed E-state index contributed by atoms with van der Waals surface area (Å²) in [6, 6.07) is 5.54. The van der Waals surface area contributed by atoms with Crippen LogP contribution in [-0.4, -0.2) is 27.6 Å². The SMILES string of the molecule is CCOC(=O)c1nnn(Cc2ccc(Br)cc2Cl)c1CCl. The van der Waals surface area contributed by atoms with Gasteiger partial charge in [0.15, 0.2) is 5.69 Å². The fourth-order valence-corrected chi connectivity index (χ4v) is 2.76. The first-order chi connectivity index (χ1) is 10.1. The summed E-state index contributed by atoms with van der Waals surface area (Å²) in [6.07, 6.45) is 0. The maximum Gasteiger partial charge on any atom is 0.360 e. The van der Waals surface area contributed by atoms with Crippen molar-refractivity contribution >= 4 is 45.1 Å². The van der Waals surface area contributed by atoms with E-state index in [1.807, 2.05) is 12.1 Å². The number of carbonyl (C=O) groups is 1. The van der Waals surface area contributed by atoms with E-state index in [2.05, 4.69) is 26.2 Å². The van der Waals surface area contributed by atoms with E-state index in [1.165, 1.54) is 0 Å². The van der Waals surface area contributed by atoms with Gasteiger partial charge in [-0.2, -0.15) is 0 Å². The lowest BCUT2D eigenvalue weighted by Gasteiger charge is -2.07. The van der Waals surface area contributed by atoms with E-state index in [9.17, 15) is 4.79 Å². The number of benzene rings is 1. The second-order valence-electron chi connectivity index (χ2n) is 4.13. The predicted octanol–water partition coefficient (Wildman–Crippen LogP) is 3.66. The molecule has 0 aliphatic heterocycles. The molecule has 1 aromatic heterocycles. The van der Waals surface area contributed by atoms with Crippen LogP contribution in [0.4, 0.5) is 0 Å². The first kappa shape index (κ1) is 16.3. The molecule has 0 unspecified atom stereocenters. The minimum absolute atomic E-state index is 0.106. The number of ether oxygens (including phenoxy) is 1. The molecular weight excluding hydrogens is 381 g/mol. The first-order valence-electron chi connectivity index (χ1n) is 6.16. The second-order valence-corrected chi connectivity index (χ2v) is 5.72. The fourth-order valence-electron chi connectivity index (χ4n) is 1.76. The molecule has 0 bridgehead atoms. The predicted molar refractivity (Wildman–Crippen MR) is 83.8 cm³/mol. The van der Waals surface area contributed by atoms with Crippen molar-refractivity contribution in [2.75, 3.05) is 6.61 Å². The lowest BCUT2D eigenvalue weighted by atomic mass is 10.2. The van der Waals surface area contributed by atoms with Gasteiger partial charge in [0, 0.05) is 9.50 Å². The smallest absolute Gasteiger partial charge is 0.360 e. The maximum absolute atomic E-state index is 11.8. The number of rotatable bonds is 5. The molecule has 1 aromatic carbocycles. The number of halogens is 3. The Morgan fingerprint density at radius 1 is 1.48 bits per heavy atom. The van der Waals surface area contributed by atoms with Gasteiger partial charge in [-0.25, -0.2) is 9.48 Å². The summed E-state index contributed by atoms with van der Waals surface area (Å²) in [4.78, 5) is 11.8. The third kappa shape index (κ3) is 3.75. The zero-order valence-corrected chi connectivity index (χ0v) is 14.2. The molecule has 0 radical (unpaired) electrons. The number of carbonyl (C=O) groups excluding carboxylic acids is 1. The van der Waals surface area contributed by atoms with Crippen molar-refractivity contribution in [1.29, 1.82) is 0 Å². The molecule has 8 heteroatoms. The molecule has 0 saturated carbocycles. The molecule has 0 N–H and O–H groups in total. The Kier molecular flexibility index (Phi) is 5.61. The number of aromatic nitrogens is 3. The van der Waals surface area contributed by atoms with E-state index in [1.54, 1.807) is 17.7 Å². The minimum atomic E-state index is -0.527. The Bertz CT molecular complexity index is 661. The standard InChI is InChI=1S/C13H12BrCl2N3O2/c1-2-21-13(20)12-11(6-15)19(18-17-12)7-8-3-4-9(14)5-10(8)16/h3-5H,2,6-7H2,1H3. The zero-order chi connectivity index (χ0) is 15.4. The Morgan fingerprint density at radius 3 is 2.86 bits per heavy atom. The van der Waals surface area contributed by atoms with Gasteiger partial charge in [0.1, 0.15) is 0 Å². The summed E-state index contributed by atoms with van der Waals surface area (Å²) < 4.78 is 7.37. The topological polar surface area (TPSA) is 57.0 Å². The van der Waals surface area contributed by atoms with E-state index < -0.39 is 5.97 Å². The molecule has 0 spiro atoms. The molecule has 2 rings (SSSR count). The van der Waals surface area contributed by atoms with Crippen LogP contribution in [0.15, 0.2) is 22.7 Å². The Morgan fingerprint density at radius 2 is 2.24 bits per heavy atom. The molecule has 21 heavy (non-hydrogen) atoms. The van der Waals surface area contributed by atoms with Gasteiger partial charge < -0.3 is 4.74 Å². The number of hydrogen-bond acceptors (Lipinski definition) is 4. The molecule has 0 amide bonds. The molecule has 0 saturated heterocycles. The third-order valence-electron chi connectivity index (χ3n) is 2.77. The van der Waals surface area contributed by atoms with E-state index in [0.717, 1.165) is 10.0 Å². The number of alkyl halides is 1.